The Hall–Kier alpha value is -6.39. The molecule has 1 saturated heterocycles. The van der Waals surface area contributed by atoms with E-state index in [1.54, 1.807) is 80.3 Å². The minimum absolute atomic E-state index is 0.0136. The highest BCUT2D eigenvalue weighted by atomic mass is 19.1. The van der Waals surface area contributed by atoms with Crippen LogP contribution in [0.4, 0.5) is 19.7 Å². The Bertz CT molecular complexity index is 2270. The average molecular weight is 882 g/mol. The number of amides is 5. The number of piperidine rings is 1. The highest BCUT2D eigenvalue weighted by molar-refractivity contribution is 5.98. The molecule has 1 atom stereocenters. The van der Waals surface area contributed by atoms with Gasteiger partial charge < -0.3 is 35.6 Å². The van der Waals surface area contributed by atoms with Crippen molar-refractivity contribution in [2.45, 2.75) is 117 Å². The fraction of sp³-hybridized carbons (Fsp3) is 0.489. The van der Waals surface area contributed by atoms with Gasteiger partial charge in [-0.2, -0.15) is 5.21 Å². The van der Waals surface area contributed by atoms with E-state index in [0.29, 0.717) is 103 Å². The Labute approximate surface area is 373 Å². The van der Waals surface area contributed by atoms with Crippen molar-refractivity contribution in [3.8, 4) is 22.5 Å². The molecule has 342 valence electrons. The third-order valence-corrected chi connectivity index (χ3v) is 11.3. The maximum absolute atomic E-state index is 16.0. The lowest BCUT2D eigenvalue weighted by Crippen LogP contribution is -2.48. The first kappa shape index (κ1) is 47.1. The third kappa shape index (κ3) is 13.3. The number of alkyl carbamates (subject to hydrolysis) is 1. The number of aryl methyl sites for hydroxylation is 1. The first-order chi connectivity index (χ1) is 30.3. The maximum Gasteiger partial charge on any atom is 0.410 e. The summed E-state index contributed by atoms with van der Waals surface area (Å²) in [6.45, 7) is 14.1. The molecule has 64 heavy (non-hydrogen) atoms. The summed E-state index contributed by atoms with van der Waals surface area (Å²) >= 11 is 0. The SMILES string of the molecule is Cc1cc(C(=O)NC2CCN(C(=O)OC(C)(C)C)CC2)ccc1-c1ccc(C[C@H](NC(=O)[C@H]2CC[C@H](CNC(=O)OC(C)(C)C)CC2)C(=O)Nc2ccc(-c3nn[nH]n3)cc2)cc1F. The Morgan fingerprint density at radius 3 is 2.12 bits per heavy atom. The monoisotopic (exact) mass is 881 g/mol. The zero-order valence-corrected chi connectivity index (χ0v) is 37.7. The number of tetrazole rings is 1. The number of halogens is 1. The molecule has 2 fully saturated rings. The smallest absolute Gasteiger partial charge is 0.410 e. The van der Waals surface area contributed by atoms with Crippen molar-refractivity contribution in [3.05, 3.63) is 83.2 Å². The molecular formula is C47H60FN9O7. The number of H-pyrrole nitrogens is 1. The molecule has 2 aliphatic rings. The predicted molar refractivity (Wildman–Crippen MR) is 238 cm³/mol. The van der Waals surface area contributed by atoms with Crippen LogP contribution in [0.25, 0.3) is 22.5 Å². The number of nitrogens with one attached hydrogen (secondary N) is 5. The second-order valence-electron chi connectivity index (χ2n) is 18.7. The van der Waals surface area contributed by atoms with Crippen LogP contribution in [0.3, 0.4) is 0 Å². The number of carbonyl (C=O) groups excluding carboxylic acids is 5. The summed E-state index contributed by atoms with van der Waals surface area (Å²) in [6, 6.07) is 15.6. The van der Waals surface area contributed by atoms with Gasteiger partial charge in [0.15, 0.2) is 0 Å². The number of aromatic nitrogens is 4. The molecule has 1 aromatic heterocycles. The van der Waals surface area contributed by atoms with Crippen LogP contribution in [0, 0.1) is 24.6 Å². The van der Waals surface area contributed by atoms with E-state index in [1.165, 1.54) is 6.07 Å². The standard InChI is InChI=1S/C47H60FN9O7/c1-28-24-33(42(59)50-35-20-22-57(23-21-35)45(62)64-47(5,6)7)15-19-36(28)37-18-10-30(25-38(37)48)26-39(43(60)51-34-16-13-31(14-17-34)40-53-55-56-54-40)52-41(58)32-11-8-29(9-12-32)27-49-44(61)63-46(2,3)4/h10,13-19,24-25,29,32,35,39H,8-9,11-12,20-23,26-27H2,1-7H3,(H,49,61)(H,50,59)(H,51,60)(H,52,58)(H,53,54,55,56)/t29-,32-,39-/m0/s1. The normalized spacial score (nSPS) is 17.5. The van der Waals surface area contributed by atoms with Gasteiger partial charge in [-0.3, -0.25) is 14.4 Å². The number of aromatic amines is 1. The van der Waals surface area contributed by atoms with Gasteiger partial charge in [-0.15, -0.1) is 10.2 Å². The van der Waals surface area contributed by atoms with E-state index in [4.69, 9.17) is 9.47 Å². The zero-order chi connectivity index (χ0) is 46.2. The second-order valence-corrected chi connectivity index (χ2v) is 18.7. The first-order valence-electron chi connectivity index (χ1n) is 21.9. The summed E-state index contributed by atoms with van der Waals surface area (Å²) in [6.07, 6.45) is 2.96. The average Bonchev–Trinajstić information content (AvgIpc) is 3.78. The van der Waals surface area contributed by atoms with Crippen molar-refractivity contribution in [2.75, 3.05) is 25.0 Å². The Kier molecular flexibility index (Phi) is 15.0. The van der Waals surface area contributed by atoms with E-state index < -0.39 is 35.1 Å². The molecule has 4 aromatic rings. The van der Waals surface area contributed by atoms with Crippen LogP contribution >= 0.6 is 0 Å². The van der Waals surface area contributed by atoms with Crippen LogP contribution in [0.15, 0.2) is 60.7 Å². The summed E-state index contributed by atoms with van der Waals surface area (Å²) in [5.41, 5.74) is 2.55. The first-order valence-corrected chi connectivity index (χ1v) is 21.9. The van der Waals surface area contributed by atoms with Crippen LogP contribution in [-0.4, -0.2) is 98.4 Å². The van der Waals surface area contributed by atoms with Gasteiger partial charge in [0.25, 0.3) is 5.91 Å². The van der Waals surface area contributed by atoms with E-state index in [1.807, 2.05) is 27.7 Å². The molecule has 0 bridgehead atoms. The predicted octanol–water partition coefficient (Wildman–Crippen LogP) is 7.11. The zero-order valence-electron chi connectivity index (χ0n) is 37.7. The third-order valence-electron chi connectivity index (χ3n) is 11.3. The quantitative estimate of drug-likeness (QED) is 0.0974. The van der Waals surface area contributed by atoms with Crippen LogP contribution in [0.1, 0.15) is 102 Å². The molecule has 0 radical (unpaired) electrons. The number of benzene rings is 3. The molecule has 5 amide bonds. The van der Waals surface area contributed by atoms with Crippen LogP contribution < -0.4 is 21.3 Å². The van der Waals surface area contributed by atoms with E-state index in [0.717, 1.165) is 0 Å². The van der Waals surface area contributed by atoms with E-state index in [-0.39, 0.29) is 42.2 Å². The molecule has 3 aromatic carbocycles. The number of anilines is 1. The van der Waals surface area contributed by atoms with E-state index in [9.17, 15) is 24.0 Å². The van der Waals surface area contributed by atoms with E-state index in [2.05, 4.69) is 41.9 Å². The summed E-state index contributed by atoms with van der Waals surface area (Å²) in [5.74, 6) is -1.27. The number of carbonyl (C=O) groups is 5. The molecule has 1 saturated carbocycles. The molecule has 0 unspecified atom stereocenters. The molecular weight excluding hydrogens is 822 g/mol. The van der Waals surface area contributed by atoms with Crippen molar-refractivity contribution in [3.63, 3.8) is 0 Å². The highest BCUT2D eigenvalue weighted by Crippen LogP contribution is 2.31. The van der Waals surface area contributed by atoms with Gasteiger partial charge in [-0.25, -0.2) is 14.0 Å². The van der Waals surface area contributed by atoms with E-state index >= 15 is 4.39 Å². The van der Waals surface area contributed by atoms with Gasteiger partial charge in [0, 0.05) is 60.4 Å². The number of ether oxygens (including phenoxy) is 2. The molecule has 6 rings (SSSR count). The molecule has 0 spiro atoms. The summed E-state index contributed by atoms with van der Waals surface area (Å²) in [5, 5.41) is 25.7. The largest absolute Gasteiger partial charge is 0.444 e. The number of rotatable bonds is 12. The van der Waals surface area contributed by atoms with Gasteiger partial charge >= 0.3 is 12.2 Å². The minimum atomic E-state index is -1.04. The van der Waals surface area contributed by atoms with Crippen LogP contribution in [0.5, 0.6) is 0 Å². The lowest BCUT2D eigenvalue weighted by molar-refractivity contribution is -0.130. The molecule has 1 aliphatic heterocycles. The Balaban J connectivity index is 1.09. The van der Waals surface area contributed by atoms with Crippen molar-refractivity contribution >= 4 is 35.6 Å². The number of hydrogen-bond acceptors (Lipinski definition) is 10. The van der Waals surface area contributed by atoms with Gasteiger partial charge in [0.05, 0.1) is 0 Å². The number of nitrogens with zero attached hydrogens (tertiary/aromatic N) is 4. The van der Waals surface area contributed by atoms with Crippen molar-refractivity contribution in [1.29, 1.82) is 0 Å². The fourth-order valence-corrected chi connectivity index (χ4v) is 7.93. The molecule has 17 heteroatoms. The van der Waals surface area contributed by atoms with Crippen LogP contribution in [-0.2, 0) is 25.5 Å². The minimum Gasteiger partial charge on any atom is -0.444 e. The van der Waals surface area contributed by atoms with Gasteiger partial charge in [0.2, 0.25) is 17.6 Å². The summed E-state index contributed by atoms with van der Waals surface area (Å²) < 4.78 is 26.9. The van der Waals surface area contributed by atoms with Crippen LogP contribution in [0.2, 0.25) is 0 Å². The van der Waals surface area contributed by atoms with Crippen molar-refractivity contribution in [2.24, 2.45) is 11.8 Å². The maximum atomic E-state index is 16.0. The molecule has 5 N–H and O–H groups in total. The second kappa shape index (κ2) is 20.4. The Morgan fingerprint density at radius 2 is 1.52 bits per heavy atom. The number of likely N-dealkylation sites (tertiary alicyclic amines) is 1. The lowest BCUT2D eigenvalue weighted by atomic mass is 9.81. The van der Waals surface area contributed by atoms with Gasteiger partial charge in [-0.05, 0) is 157 Å². The van der Waals surface area contributed by atoms with Crippen molar-refractivity contribution < 1.29 is 37.8 Å². The molecule has 16 nitrogen and oxygen atoms in total. The summed E-state index contributed by atoms with van der Waals surface area (Å²) in [4.78, 5) is 67.2. The van der Waals surface area contributed by atoms with Gasteiger partial charge in [-0.1, -0.05) is 18.2 Å². The summed E-state index contributed by atoms with van der Waals surface area (Å²) in [7, 11) is 0. The molecule has 1 aliphatic carbocycles. The Morgan fingerprint density at radius 1 is 0.844 bits per heavy atom. The fourth-order valence-electron chi connectivity index (χ4n) is 7.93. The van der Waals surface area contributed by atoms with Crippen molar-refractivity contribution in [1.82, 2.24) is 41.5 Å². The number of hydrogen-bond donors (Lipinski definition) is 5. The highest BCUT2D eigenvalue weighted by Gasteiger charge is 2.31. The molecule has 2 heterocycles. The lowest BCUT2D eigenvalue weighted by Gasteiger charge is -2.33. The van der Waals surface area contributed by atoms with Gasteiger partial charge in [0.1, 0.15) is 23.1 Å². The topological polar surface area (TPSA) is 210 Å².